The highest BCUT2D eigenvalue weighted by Crippen LogP contribution is 2.43. The van der Waals surface area contributed by atoms with Crippen LogP contribution in [0.15, 0.2) is 93.5 Å². The third kappa shape index (κ3) is 4.69. The maximum Gasteiger partial charge on any atom is 0.261 e. The van der Waals surface area contributed by atoms with Gasteiger partial charge in [-0.25, -0.2) is 8.42 Å². The van der Waals surface area contributed by atoms with Crippen LogP contribution in [0.1, 0.15) is 12.5 Å². The molecule has 0 aromatic heterocycles. The number of aryl methyl sites for hydroxylation is 1. The van der Waals surface area contributed by atoms with Crippen molar-refractivity contribution in [2.24, 2.45) is 0 Å². The second kappa shape index (κ2) is 9.14. The highest BCUT2D eigenvalue weighted by molar-refractivity contribution is 7.99. The van der Waals surface area contributed by atoms with Crippen molar-refractivity contribution in [2.45, 2.75) is 28.5 Å². The predicted octanol–water partition coefficient (Wildman–Crippen LogP) is 6.20. The Labute approximate surface area is 192 Å². The van der Waals surface area contributed by atoms with Crippen LogP contribution in [0.5, 0.6) is 11.5 Å². The average Bonchev–Trinajstić information content (AvgIpc) is 2.79. The molecule has 0 saturated carbocycles. The molecule has 0 radical (unpaired) electrons. The summed E-state index contributed by atoms with van der Waals surface area (Å²) in [4.78, 5) is 1.64. The van der Waals surface area contributed by atoms with Crippen molar-refractivity contribution in [3.05, 3.63) is 84.4 Å². The lowest BCUT2D eigenvalue weighted by Crippen LogP contribution is -2.13. The molecule has 0 heterocycles. The number of sulfonamides is 1. The van der Waals surface area contributed by atoms with Crippen molar-refractivity contribution >= 4 is 38.2 Å². The zero-order chi connectivity index (χ0) is 22.7. The smallest absolute Gasteiger partial charge is 0.261 e. The summed E-state index contributed by atoms with van der Waals surface area (Å²) in [5, 5.41) is 12.1. The van der Waals surface area contributed by atoms with E-state index in [1.54, 1.807) is 30.3 Å². The Morgan fingerprint density at radius 2 is 1.59 bits per heavy atom. The van der Waals surface area contributed by atoms with Crippen LogP contribution in [0.25, 0.3) is 10.8 Å². The van der Waals surface area contributed by atoms with E-state index in [2.05, 4.69) is 4.72 Å². The largest absolute Gasteiger partial charge is 0.506 e. The molecule has 2 N–H and O–H groups in total. The second-order valence-corrected chi connectivity index (χ2v) is 10.0. The molecule has 0 bridgehead atoms. The van der Waals surface area contributed by atoms with Crippen molar-refractivity contribution in [3.63, 3.8) is 0 Å². The van der Waals surface area contributed by atoms with Gasteiger partial charge in [0.2, 0.25) is 0 Å². The first-order valence-corrected chi connectivity index (χ1v) is 12.4. The summed E-state index contributed by atoms with van der Waals surface area (Å²) in [5.41, 5.74) is 1.54. The number of benzene rings is 4. The van der Waals surface area contributed by atoms with Gasteiger partial charge in [-0.3, -0.25) is 4.72 Å². The molecule has 0 atom stereocenters. The number of nitrogens with one attached hydrogen (secondary N) is 1. The monoisotopic (exact) mass is 465 g/mol. The number of fused-ring (bicyclic) bond motifs is 1. The standard InChI is InChI=1S/C25H23NO4S2/c1-3-30-18-10-14-20(15-11-18)32(28,29)26-23-16-24(31-19-12-8-17(2)9-13-19)25(27)22-7-5-4-6-21(22)23/h4-16,26-27H,3H2,1-2H3. The Morgan fingerprint density at radius 3 is 2.25 bits per heavy atom. The van der Waals surface area contributed by atoms with Crippen molar-refractivity contribution in [1.82, 2.24) is 0 Å². The molecule has 32 heavy (non-hydrogen) atoms. The highest BCUT2D eigenvalue weighted by atomic mass is 32.2. The molecular weight excluding hydrogens is 442 g/mol. The van der Waals surface area contributed by atoms with E-state index in [0.717, 1.165) is 10.5 Å². The molecule has 0 saturated heterocycles. The number of aromatic hydroxyl groups is 1. The lowest BCUT2D eigenvalue weighted by Gasteiger charge is -2.15. The van der Waals surface area contributed by atoms with Crippen molar-refractivity contribution < 1.29 is 18.3 Å². The Kier molecular flexibility index (Phi) is 6.30. The van der Waals surface area contributed by atoms with Crippen molar-refractivity contribution in [3.8, 4) is 11.5 Å². The summed E-state index contributed by atoms with van der Waals surface area (Å²) < 4.78 is 34.3. The molecule has 4 aromatic rings. The van der Waals surface area contributed by atoms with E-state index < -0.39 is 10.0 Å². The van der Waals surface area contributed by atoms with Gasteiger partial charge in [0.15, 0.2) is 0 Å². The second-order valence-electron chi connectivity index (χ2n) is 7.24. The molecule has 0 amide bonds. The van der Waals surface area contributed by atoms with Crippen LogP contribution in [-0.2, 0) is 10.0 Å². The van der Waals surface area contributed by atoms with Gasteiger partial charge in [0.05, 0.1) is 22.1 Å². The lowest BCUT2D eigenvalue weighted by atomic mass is 10.1. The molecule has 7 heteroatoms. The minimum atomic E-state index is -3.84. The molecule has 164 valence electrons. The molecule has 0 aliphatic heterocycles. The summed E-state index contributed by atoms with van der Waals surface area (Å²) in [6.07, 6.45) is 0. The van der Waals surface area contributed by atoms with E-state index in [0.29, 0.717) is 33.7 Å². The first kappa shape index (κ1) is 22.0. The van der Waals surface area contributed by atoms with Crippen LogP contribution in [0.4, 0.5) is 5.69 Å². The van der Waals surface area contributed by atoms with Crippen LogP contribution < -0.4 is 9.46 Å². The van der Waals surface area contributed by atoms with Crippen LogP contribution >= 0.6 is 11.8 Å². The van der Waals surface area contributed by atoms with Crippen LogP contribution in [0.2, 0.25) is 0 Å². The van der Waals surface area contributed by atoms with E-state index in [-0.39, 0.29) is 10.6 Å². The van der Waals surface area contributed by atoms with E-state index in [4.69, 9.17) is 4.74 Å². The van der Waals surface area contributed by atoms with Gasteiger partial charge in [-0.05, 0) is 56.3 Å². The third-order valence-corrected chi connectivity index (χ3v) is 7.34. The summed E-state index contributed by atoms with van der Waals surface area (Å²) in [5.74, 6) is 0.730. The molecule has 0 aliphatic rings. The molecule has 0 spiro atoms. The first-order valence-electron chi connectivity index (χ1n) is 10.1. The van der Waals surface area contributed by atoms with E-state index in [1.807, 2.05) is 50.2 Å². The number of rotatable bonds is 7. The van der Waals surface area contributed by atoms with E-state index >= 15 is 0 Å². The maximum atomic E-state index is 13.1. The topological polar surface area (TPSA) is 75.6 Å². The van der Waals surface area contributed by atoms with Gasteiger partial charge in [0.1, 0.15) is 11.5 Å². The van der Waals surface area contributed by atoms with Gasteiger partial charge in [0, 0.05) is 15.7 Å². The Balaban J connectivity index is 1.74. The summed E-state index contributed by atoms with van der Waals surface area (Å²) in [6, 6.07) is 23.1. The quantitative estimate of drug-likeness (QED) is 0.318. The number of hydrogen-bond donors (Lipinski definition) is 2. The molecule has 0 unspecified atom stereocenters. The Morgan fingerprint density at radius 1 is 0.938 bits per heavy atom. The number of hydrogen-bond acceptors (Lipinski definition) is 5. The third-order valence-electron chi connectivity index (χ3n) is 4.92. The highest BCUT2D eigenvalue weighted by Gasteiger charge is 2.19. The number of phenolic OH excluding ortho intramolecular Hbond substituents is 1. The Hall–Kier alpha value is -3.16. The van der Waals surface area contributed by atoms with Crippen LogP contribution in [0.3, 0.4) is 0 Å². The minimum Gasteiger partial charge on any atom is -0.506 e. The van der Waals surface area contributed by atoms with Crippen molar-refractivity contribution in [2.75, 3.05) is 11.3 Å². The zero-order valence-electron chi connectivity index (χ0n) is 17.7. The van der Waals surface area contributed by atoms with Crippen molar-refractivity contribution in [1.29, 1.82) is 0 Å². The SMILES string of the molecule is CCOc1ccc(S(=O)(=O)Nc2cc(Sc3ccc(C)cc3)c(O)c3ccccc23)cc1. The van der Waals surface area contributed by atoms with E-state index in [9.17, 15) is 13.5 Å². The fourth-order valence-electron chi connectivity index (χ4n) is 3.32. The molecule has 0 aliphatic carbocycles. The zero-order valence-corrected chi connectivity index (χ0v) is 19.3. The fourth-order valence-corrected chi connectivity index (χ4v) is 5.30. The molecule has 4 aromatic carbocycles. The Bertz CT molecular complexity index is 1350. The molecular formula is C25H23NO4S2. The maximum absolute atomic E-state index is 13.1. The fraction of sp³-hybridized carbons (Fsp3) is 0.120. The number of ether oxygens (including phenoxy) is 1. The van der Waals surface area contributed by atoms with Crippen LogP contribution in [-0.4, -0.2) is 20.1 Å². The lowest BCUT2D eigenvalue weighted by molar-refractivity contribution is 0.340. The van der Waals surface area contributed by atoms with Gasteiger partial charge in [-0.2, -0.15) is 0 Å². The van der Waals surface area contributed by atoms with Gasteiger partial charge >= 0.3 is 0 Å². The van der Waals surface area contributed by atoms with Gasteiger partial charge in [0.25, 0.3) is 10.0 Å². The summed E-state index contributed by atoms with van der Waals surface area (Å²) in [6.45, 7) is 4.38. The number of phenols is 1. The predicted molar refractivity (Wildman–Crippen MR) is 129 cm³/mol. The van der Waals surface area contributed by atoms with Gasteiger partial charge in [-0.15, -0.1) is 0 Å². The van der Waals surface area contributed by atoms with Gasteiger partial charge < -0.3 is 9.84 Å². The summed E-state index contributed by atoms with van der Waals surface area (Å²) >= 11 is 1.38. The van der Waals surface area contributed by atoms with E-state index in [1.165, 1.54) is 23.9 Å². The van der Waals surface area contributed by atoms with Gasteiger partial charge in [-0.1, -0.05) is 53.7 Å². The normalized spacial score (nSPS) is 11.4. The molecule has 0 fully saturated rings. The molecule has 4 rings (SSSR count). The summed E-state index contributed by atoms with van der Waals surface area (Å²) in [7, 11) is -3.84. The average molecular weight is 466 g/mol. The number of anilines is 1. The minimum absolute atomic E-state index is 0.121. The molecule has 5 nitrogen and oxygen atoms in total. The first-order chi connectivity index (χ1) is 15.4. The van der Waals surface area contributed by atoms with Crippen LogP contribution in [0, 0.1) is 6.92 Å².